The second kappa shape index (κ2) is 11.7. The van der Waals surface area contributed by atoms with Gasteiger partial charge in [0.1, 0.15) is 19.7 Å². The van der Waals surface area contributed by atoms with Gasteiger partial charge in [0.05, 0.1) is 44.8 Å². The summed E-state index contributed by atoms with van der Waals surface area (Å²) in [4.78, 5) is 8.67. The fourth-order valence-corrected chi connectivity index (χ4v) is 5.60. The number of nitriles is 1. The van der Waals surface area contributed by atoms with Crippen molar-refractivity contribution >= 4 is 47.4 Å². The molecule has 6 rings (SSSR count). The van der Waals surface area contributed by atoms with E-state index in [1.165, 1.54) is 18.3 Å². The molecule has 0 spiro atoms. The van der Waals surface area contributed by atoms with E-state index in [0.29, 0.717) is 63.9 Å². The van der Waals surface area contributed by atoms with Gasteiger partial charge in [-0.05, 0) is 60.2 Å². The first-order valence-electron chi connectivity index (χ1n) is 13.9. The first kappa shape index (κ1) is 28.7. The number of aromatic nitrogens is 2. The molecule has 43 heavy (non-hydrogen) atoms. The number of pyridine rings is 2. The molecule has 2 aliphatic rings. The summed E-state index contributed by atoms with van der Waals surface area (Å²) in [6.07, 6.45) is 8.56. The minimum Gasteiger partial charge on any atom is -0.383 e. The number of benzene rings is 2. The summed E-state index contributed by atoms with van der Waals surface area (Å²) in [5, 5.41) is 19.7. The first-order chi connectivity index (χ1) is 20.8. The lowest BCUT2D eigenvalue weighted by atomic mass is 9.69. The van der Waals surface area contributed by atoms with Gasteiger partial charge in [0.25, 0.3) is 0 Å². The largest absolute Gasteiger partial charge is 0.383 e. The molecule has 1 unspecified atom stereocenters. The van der Waals surface area contributed by atoms with Crippen molar-refractivity contribution in [2.45, 2.75) is 25.2 Å². The summed E-state index contributed by atoms with van der Waals surface area (Å²) in [5.74, 6) is -0.382. The van der Waals surface area contributed by atoms with Crippen molar-refractivity contribution in [1.82, 2.24) is 20.9 Å². The van der Waals surface area contributed by atoms with E-state index in [4.69, 9.17) is 24.2 Å². The van der Waals surface area contributed by atoms with Crippen molar-refractivity contribution in [2.75, 3.05) is 35.4 Å². The molecule has 0 amide bonds. The number of halogens is 2. The molecule has 2 radical (unpaired) electrons. The van der Waals surface area contributed by atoms with E-state index in [-0.39, 0.29) is 11.2 Å². The lowest BCUT2D eigenvalue weighted by Crippen LogP contribution is -2.45. The Labute approximate surface area is 255 Å². The maximum atomic E-state index is 14.0. The van der Waals surface area contributed by atoms with Crippen LogP contribution in [0.2, 0.25) is 5.02 Å². The van der Waals surface area contributed by atoms with Crippen molar-refractivity contribution in [3.8, 4) is 6.07 Å². The van der Waals surface area contributed by atoms with Gasteiger partial charge in [0.2, 0.25) is 0 Å². The quantitative estimate of drug-likeness (QED) is 0.201. The van der Waals surface area contributed by atoms with Gasteiger partial charge in [0, 0.05) is 49.4 Å². The highest BCUT2D eigenvalue weighted by Gasteiger charge is 2.35. The molecule has 1 atom stereocenters. The van der Waals surface area contributed by atoms with Gasteiger partial charge < -0.3 is 20.8 Å². The zero-order valence-corrected chi connectivity index (χ0v) is 24.3. The van der Waals surface area contributed by atoms with Gasteiger partial charge in [-0.3, -0.25) is 15.0 Å². The predicted octanol–water partition coefficient (Wildman–Crippen LogP) is 5.33. The van der Waals surface area contributed by atoms with E-state index >= 15 is 0 Å². The molecule has 0 saturated carbocycles. The number of hydrazine groups is 2. The Kier molecular flexibility index (Phi) is 7.84. The third-order valence-electron chi connectivity index (χ3n) is 8.00. The second-order valence-electron chi connectivity index (χ2n) is 11.1. The monoisotopic (exact) mass is 594 g/mol. The SMILES string of the molecule is [B]C(Nc1cc(Cl)c2ncc(C#N)c(NCC3(C)CCOCC3)c2c1)(C1=CN(c2cccnc2)NN1)c1ccc(F)cc1. The van der Waals surface area contributed by atoms with Crippen molar-refractivity contribution in [1.29, 1.82) is 5.26 Å². The number of hydrogen-bond donors (Lipinski definition) is 4. The van der Waals surface area contributed by atoms with E-state index in [9.17, 15) is 9.65 Å². The second-order valence-corrected chi connectivity index (χ2v) is 11.5. The molecule has 4 aromatic rings. The summed E-state index contributed by atoms with van der Waals surface area (Å²) >= 11 is 6.79. The van der Waals surface area contributed by atoms with Crippen LogP contribution in [0, 0.1) is 22.6 Å². The number of anilines is 3. The Hall–Kier alpha value is -4.37. The molecule has 9 nitrogen and oxygen atoms in total. The van der Waals surface area contributed by atoms with E-state index < -0.39 is 5.44 Å². The molecule has 12 heteroatoms. The Balaban J connectivity index is 1.40. The normalized spacial score (nSPS) is 17.4. The third-order valence-corrected chi connectivity index (χ3v) is 8.28. The van der Waals surface area contributed by atoms with Gasteiger partial charge in [-0.25, -0.2) is 4.39 Å². The standard InChI is InChI=1S/C31H29BClFN8O/c1-30(8-11-43-12-9-30)19-38-28-20(15-35)16-37-29-25(28)13-23(14-26(29)33)39-31(32,21-4-6-22(34)7-5-21)27-18-42(41-40-27)24-3-2-10-36-17-24/h2-7,10,13-14,16-18,39-41H,8-9,11-12,19H2,1H3,(H,37,38). The predicted molar refractivity (Wildman–Crippen MR) is 167 cm³/mol. The van der Waals surface area contributed by atoms with Crippen LogP contribution < -0.4 is 26.6 Å². The van der Waals surface area contributed by atoms with Crippen LogP contribution >= 0.6 is 11.6 Å². The van der Waals surface area contributed by atoms with E-state index in [1.807, 2.05) is 18.2 Å². The summed E-state index contributed by atoms with van der Waals surface area (Å²) in [6.45, 7) is 4.29. The molecule has 1 fully saturated rings. The zero-order valence-electron chi connectivity index (χ0n) is 23.5. The highest BCUT2D eigenvalue weighted by Crippen LogP contribution is 2.38. The van der Waals surface area contributed by atoms with Crippen molar-refractivity contribution in [3.63, 3.8) is 0 Å². The molecule has 0 aliphatic carbocycles. The fraction of sp³-hybridized carbons (Fsp3) is 0.258. The Morgan fingerprint density at radius 1 is 1.21 bits per heavy atom. The lowest BCUT2D eigenvalue weighted by Gasteiger charge is -2.35. The lowest BCUT2D eigenvalue weighted by molar-refractivity contribution is 0.0300. The summed E-state index contributed by atoms with van der Waals surface area (Å²) in [5.41, 5.74) is 8.98. The molecule has 4 heterocycles. The molecular weight excluding hydrogens is 566 g/mol. The van der Waals surface area contributed by atoms with Gasteiger partial charge in [-0.15, -0.1) is 5.53 Å². The minimum absolute atomic E-state index is 0.0168. The molecular formula is C31H29BClFN8O. The maximum Gasteiger partial charge on any atom is 0.123 e. The summed E-state index contributed by atoms with van der Waals surface area (Å²) in [7, 11) is 7.12. The van der Waals surface area contributed by atoms with E-state index in [1.54, 1.807) is 41.8 Å². The Morgan fingerprint density at radius 2 is 2.00 bits per heavy atom. The molecule has 216 valence electrons. The van der Waals surface area contributed by atoms with Crippen LogP contribution in [0.15, 0.2) is 79.0 Å². The maximum absolute atomic E-state index is 14.0. The zero-order chi connectivity index (χ0) is 30.0. The van der Waals surface area contributed by atoms with Crippen molar-refractivity contribution in [2.24, 2.45) is 5.41 Å². The Morgan fingerprint density at radius 3 is 2.72 bits per heavy atom. The van der Waals surface area contributed by atoms with Crippen LogP contribution in [-0.4, -0.2) is 37.6 Å². The van der Waals surface area contributed by atoms with Gasteiger partial charge in [0.15, 0.2) is 0 Å². The molecule has 1 saturated heterocycles. The highest BCUT2D eigenvalue weighted by atomic mass is 35.5. The molecule has 4 N–H and O–H groups in total. The van der Waals surface area contributed by atoms with Gasteiger partial charge in [-0.2, -0.15) is 5.26 Å². The Bertz CT molecular complexity index is 1710. The molecule has 2 aliphatic heterocycles. The molecule has 0 bridgehead atoms. The number of rotatable bonds is 8. The third kappa shape index (κ3) is 5.82. The molecule has 2 aromatic carbocycles. The van der Waals surface area contributed by atoms with Gasteiger partial charge >= 0.3 is 0 Å². The number of nitrogens with one attached hydrogen (secondary N) is 4. The fourth-order valence-electron chi connectivity index (χ4n) is 5.34. The van der Waals surface area contributed by atoms with Crippen molar-refractivity contribution in [3.05, 3.63) is 101 Å². The average Bonchev–Trinajstić information content (AvgIpc) is 3.52. The van der Waals surface area contributed by atoms with Gasteiger partial charge in [-0.1, -0.05) is 30.7 Å². The average molecular weight is 595 g/mol. The molecule has 2 aromatic heterocycles. The number of ether oxygens (including phenoxy) is 1. The number of nitrogens with zero attached hydrogens (tertiary/aromatic N) is 4. The smallest absolute Gasteiger partial charge is 0.123 e. The topological polar surface area (TPSA) is 110 Å². The van der Waals surface area contributed by atoms with Crippen LogP contribution in [0.3, 0.4) is 0 Å². The minimum atomic E-state index is -1.36. The van der Waals surface area contributed by atoms with Crippen LogP contribution in [0.25, 0.3) is 10.9 Å². The van der Waals surface area contributed by atoms with Crippen LogP contribution in [0.4, 0.5) is 21.5 Å². The van der Waals surface area contributed by atoms with E-state index in [2.05, 4.69) is 44.6 Å². The highest BCUT2D eigenvalue weighted by molar-refractivity contribution is 6.36. The number of fused-ring (bicyclic) bond motifs is 1. The van der Waals surface area contributed by atoms with Crippen LogP contribution in [0.5, 0.6) is 0 Å². The summed E-state index contributed by atoms with van der Waals surface area (Å²) in [6, 6.07) is 15.5. The van der Waals surface area contributed by atoms with Crippen LogP contribution in [-0.2, 0) is 10.2 Å². The first-order valence-corrected chi connectivity index (χ1v) is 14.3. The van der Waals surface area contributed by atoms with Crippen LogP contribution in [0.1, 0.15) is 30.9 Å². The summed E-state index contributed by atoms with van der Waals surface area (Å²) < 4.78 is 19.5. The van der Waals surface area contributed by atoms with Crippen molar-refractivity contribution < 1.29 is 9.13 Å². The number of hydrogen-bond acceptors (Lipinski definition) is 9. The van der Waals surface area contributed by atoms with E-state index in [0.717, 1.165) is 18.5 Å².